The number of aliphatic hydroxyl groups is 1. The average molecular weight is 516 g/mol. The zero-order valence-corrected chi connectivity index (χ0v) is 21.2. The topological polar surface area (TPSA) is 99.2 Å². The summed E-state index contributed by atoms with van der Waals surface area (Å²) in [5.74, 6) is -0.912. The number of hydrogen-bond acceptors (Lipinski definition) is 5. The quantitative estimate of drug-likeness (QED) is 0.476. The minimum Gasteiger partial charge on any atom is -0.394 e. The number of amides is 2. The molecule has 0 aliphatic heterocycles. The van der Waals surface area contributed by atoms with Crippen LogP contribution in [-0.2, 0) is 14.8 Å². The Morgan fingerprint density at radius 1 is 1.18 bits per heavy atom. The maximum Gasteiger partial charge on any atom is 0.322 e. The molecule has 0 unspecified atom stereocenters. The Bertz CT molecular complexity index is 1070. The standard InChI is InChI=1S/C23H31ClFN3O5S/c1-16(13-28(17(2)15-29)23(30)26-21-11-6-5-10-20(21)25)22(33-4)14-27(3)34(31,32)19-9-7-8-18(24)12-19/h5-12,16-17,22,29H,13-15H2,1-4H3,(H,26,30)/t16-,17-,22+/m1/s1. The Morgan fingerprint density at radius 2 is 1.85 bits per heavy atom. The molecule has 0 saturated heterocycles. The van der Waals surface area contributed by atoms with Crippen LogP contribution in [0.1, 0.15) is 13.8 Å². The number of rotatable bonds is 11. The molecule has 2 N–H and O–H groups in total. The van der Waals surface area contributed by atoms with Gasteiger partial charge in [-0.2, -0.15) is 4.31 Å². The van der Waals surface area contributed by atoms with Crippen molar-refractivity contribution in [3.05, 3.63) is 59.4 Å². The first kappa shape index (κ1) is 28.0. The van der Waals surface area contributed by atoms with Gasteiger partial charge in [-0.25, -0.2) is 17.6 Å². The van der Waals surface area contributed by atoms with Crippen LogP contribution in [0.3, 0.4) is 0 Å². The van der Waals surface area contributed by atoms with Crippen LogP contribution in [0.4, 0.5) is 14.9 Å². The minimum atomic E-state index is -3.82. The molecule has 0 fully saturated rings. The molecule has 0 aliphatic carbocycles. The number of sulfonamides is 1. The van der Waals surface area contributed by atoms with Crippen molar-refractivity contribution in [3.63, 3.8) is 0 Å². The van der Waals surface area contributed by atoms with E-state index in [0.29, 0.717) is 5.02 Å². The molecule has 2 aromatic carbocycles. The van der Waals surface area contributed by atoms with Crippen LogP contribution in [0.2, 0.25) is 5.02 Å². The molecule has 8 nitrogen and oxygen atoms in total. The number of nitrogens with one attached hydrogen (secondary N) is 1. The van der Waals surface area contributed by atoms with Gasteiger partial charge >= 0.3 is 6.03 Å². The highest BCUT2D eigenvalue weighted by Crippen LogP contribution is 2.21. The lowest BCUT2D eigenvalue weighted by molar-refractivity contribution is 0.0305. The molecule has 0 heterocycles. The number of aliphatic hydroxyl groups excluding tert-OH is 1. The highest BCUT2D eigenvalue weighted by Gasteiger charge is 2.30. The number of benzene rings is 2. The number of anilines is 1. The molecule has 2 aromatic rings. The molecule has 0 bridgehead atoms. The Hall–Kier alpha value is -2.24. The molecule has 2 rings (SSSR count). The molecule has 0 radical (unpaired) electrons. The molecule has 2 amide bonds. The highest BCUT2D eigenvalue weighted by molar-refractivity contribution is 7.89. The molecule has 0 saturated carbocycles. The van der Waals surface area contributed by atoms with Crippen molar-refractivity contribution in [3.8, 4) is 0 Å². The normalized spacial score (nSPS) is 14.5. The zero-order valence-electron chi connectivity index (χ0n) is 19.6. The van der Waals surface area contributed by atoms with Gasteiger partial charge in [-0.1, -0.05) is 36.7 Å². The molecule has 0 aromatic heterocycles. The Labute approximate surface area is 205 Å². The molecule has 0 aliphatic rings. The lowest BCUT2D eigenvalue weighted by Gasteiger charge is -2.34. The maximum atomic E-state index is 14.0. The number of methoxy groups -OCH3 is 1. The Balaban J connectivity index is 2.15. The van der Waals surface area contributed by atoms with E-state index >= 15 is 0 Å². The summed E-state index contributed by atoms with van der Waals surface area (Å²) >= 11 is 5.94. The van der Waals surface area contributed by atoms with E-state index in [-0.39, 0.29) is 36.2 Å². The van der Waals surface area contributed by atoms with Gasteiger partial charge in [-0.05, 0) is 37.3 Å². The van der Waals surface area contributed by atoms with E-state index in [4.69, 9.17) is 16.3 Å². The molecule has 188 valence electrons. The smallest absolute Gasteiger partial charge is 0.322 e. The Kier molecular flexibility index (Phi) is 10.3. The van der Waals surface area contributed by atoms with Crippen LogP contribution in [-0.4, -0.2) is 74.8 Å². The number of hydrogen-bond donors (Lipinski definition) is 2. The fraction of sp³-hybridized carbons (Fsp3) is 0.435. The van der Waals surface area contributed by atoms with Gasteiger partial charge in [0.2, 0.25) is 10.0 Å². The van der Waals surface area contributed by atoms with Crippen LogP contribution >= 0.6 is 11.6 Å². The maximum absolute atomic E-state index is 14.0. The van der Waals surface area contributed by atoms with E-state index in [1.807, 2.05) is 6.92 Å². The number of nitrogens with zero attached hydrogens (tertiary/aromatic N) is 2. The number of likely N-dealkylation sites (N-methyl/N-ethyl adjacent to an activating group) is 1. The lowest BCUT2D eigenvalue weighted by Crippen LogP contribution is -2.49. The minimum absolute atomic E-state index is 0.0167. The van der Waals surface area contributed by atoms with Crippen molar-refractivity contribution >= 4 is 33.3 Å². The summed E-state index contributed by atoms with van der Waals surface area (Å²) in [4.78, 5) is 14.3. The summed E-state index contributed by atoms with van der Waals surface area (Å²) in [5, 5.41) is 12.5. The van der Waals surface area contributed by atoms with Gasteiger partial charge in [0.15, 0.2) is 0 Å². The van der Waals surface area contributed by atoms with Crippen LogP contribution in [0.25, 0.3) is 0 Å². The van der Waals surface area contributed by atoms with Crippen LogP contribution in [0.5, 0.6) is 0 Å². The SMILES string of the molecule is CO[C@@H](CN(C)S(=O)(=O)c1cccc(Cl)c1)[C@H](C)CN(C(=O)Nc1ccccc1F)[C@H](C)CO. The van der Waals surface area contributed by atoms with Crippen LogP contribution in [0.15, 0.2) is 53.4 Å². The third-order valence-corrected chi connectivity index (χ3v) is 7.59. The Morgan fingerprint density at radius 3 is 2.44 bits per heavy atom. The number of ether oxygens (including phenoxy) is 1. The highest BCUT2D eigenvalue weighted by atomic mass is 35.5. The van der Waals surface area contributed by atoms with Gasteiger partial charge in [-0.15, -0.1) is 0 Å². The number of carbonyl (C=O) groups excluding carboxylic acids is 1. The number of halogens is 2. The fourth-order valence-electron chi connectivity index (χ4n) is 3.38. The van der Waals surface area contributed by atoms with Crippen molar-refractivity contribution < 1.29 is 27.4 Å². The van der Waals surface area contributed by atoms with Crippen LogP contribution in [0, 0.1) is 11.7 Å². The molecular formula is C23H31ClFN3O5S. The van der Waals surface area contributed by atoms with Gasteiger partial charge in [-0.3, -0.25) is 0 Å². The second-order valence-corrected chi connectivity index (χ2v) is 10.6. The van der Waals surface area contributed by atoms with E-state index in [2.05, 4.69) is 5.32 Å². The third kappa shape index (κ3) is 7.13. The van der Waals surface area contributed by atoms with Crippen molar-refractivity contribution in [1.29, 1.82) is 0 Å². The van der Waals surface area contributed by atoms with E-state index in [0.717, 1.165) is 0 Å². The second kappa shape index (κ2) is 12.5. The first-order chi connectivity index (χ1) is 16.0. The monoisotopic (exact) mass is 515 g/mol. The predicted octanol–water partition coefficient (Wildman–Crippen LogP) is 3.67. The number of urea groups is 1. The summed E-state index contributed by atoms with van der Waals surface area (Å²) in [6.45, 7) is 3.30. The first-order valence-corrected chi connectivity index (χ1v) is 12.5. The average Bonchev–Trinajstić information content (AvgIpc) is 2.81. The number of para-hydroxylation sites is 1. The second-order valence-electron chi connectivity index (χ2n) is 8.09. The van der Waals surface area contributed by atoms with Gasteiger partial charge in [0.05, 0.1) is 29.3 Å². The summed E-state index contributed by atoms with van der Waals surface area (Å²) in [6, 6.07) is 10.6. The van der Waals surface area contributed by atoms with Crippen molar-refractivity contribution in [1.82, 2.24) is 9.21 Å². The van der Waals surface area contributed by atoms with Gasteiger partial charge < -0.3 is 20.1 Å². The van der Waals surface area contributed by atoms with E-state index in [1.165, 1.54) is 53.7 Å². The van der Waals surface area contributed by atoms with E-state index in [9.17, 15) is 22.7 Å². The molecule has 3 atom stereocenters. The lowest BCUT2D eigenvalue weighted by atomic mass is 10.0. The summed E-state index contributed by atoms with van der Waals surface area (Å²) in [6.07, 6.45) is -0.575. The van der Waals surface area contributed by atoms with Crippen molar-refractivity contribution in [2.45, 2.75) is 30.9 Å². The predicted molar refractivity (Wildman–Crippen MR) is 130 cm³/mol. The fourth-order valence-corrected chi connectivity index (χ4v) is 4.87. The summed E-state index contributed by atoms with van der Waals surface area (Å²) in [5.41, 5.74) is 0.0194. The van der Waals surface area contributed by atoms with Crippen molar-refractivity contribution in [2.24, 2.45) is 5.92 Å². The van der Waals surface area contributed by atoms with Gasteiger partial charge in [0.1, 0.15) is 5.82 Å². The molecule has 11 heteroatoms. The van der Waals surface area contributed by atoms with Crippen molar-refractivity contribution in [2.75, 3.05) is 39.2 Å². The molecule has 0 spiro atoms. The summed E-state index contributed by atoms with van der Waals surface area (Å²) in [7, 11) is -0.920. The molecule has 34 heavy (non-hydrogen) atoms. The molecular weight excluding hydrogens is 485 g/mol. The largest absolute Gasteiger partial charge is 0.394 e. The third-order valence-electron chi connectivity index (χ3n) is 5.54. The van der Waals surface area contributed by atoms with Gasteiger partial charge in [0.25, 0.3) is 0 Å². The first-order valence-electron chi connectivity index (χ1n) is 10.7. The zero-order chi connectivity index (χ0) is 25.5. The van der Waals surface area contributed by atoms with Gasteiger partial charge in [0, 0.05) is 38.2 Å². The van der Waals surface area contributed by atoms with Crippen LogP contribution < -0.4 is 5.32 Å². The summed E-state index contributed by atoms with van der Waals surface area (Å²) < 4.78 is 46.6. The van der Waals surface area contributed by atoms with E-state index in [1.54, 1.807) is 25.1 Å². The van der Waals surface area contributed by atoms with E-state index < -0.39 is 34.0 Å². The number of carbonyl (C=O) groups is 1.